The Labute approximate surface area is 178 Å². The number of pyridine rings is 1. The van der Waals surface area contributed by atoms with Crippen LogP contribution in [0, 0.1) is 11.8 Å². The summed E-state index contributed by atoms with van der Waals surface area (Å²) < 4.78 is 17.0. The Kier molecular flexibility index (Phi) is 4.04. The molecule has 3 unspecified atom stereocenters. The SMILES string of the molecule is O=C(NCc1ccncc1)C1C2C(=O)N(Cc3ccc4c(c3)OCO4)CC23C=C[C@@H]1O3. The number of aromatic nitrogens is 1. The zero-order valence-electron chi connectivity index (χ0n) is 16.7. The first-order valence-corrected chi connectivity index (χ1v) is 10.3. The molecule has 1 N–H and O–H groups in total. The molecule has 2 bridgehead atoms. The molecule has 2 aromatic rings. The van der Waals surface area contributed by atoms with Crippen LogP contribution < -0.4 is 14.8 Å². The molecule has 2 fully saturated rings. The summed E-state index contributed by atoms with van der Waals surface area (Å²) >= 11 is 0. The molecule has 2 amide bonds. The van der Waals surface area contributed by atoms with E-state index in [-0.39, 0.29) is 24.7 Å². The highest BCUT2D eigenvalue weighted by molar-refractivity contribution is 5.93. The Balaban J connectivity index is 1.19. The Morgan fingerprint density at radius 1 is 1.16 bits per heavy atom. The highest BCUT2D eigenvalue weighted by Gasteiger charge is 2.66. The molecule has 1 aromatic heterocycles. The summed E-state index contributed by atoms with van der Waals surface area (Å²) in [6, 6.07) is 9.39. The monoisotopic (exact) mass is 419 g/mol. The molecule has 31 heavy (non-hydrogen) atoms. The van der Waals surface area contributed by atoms with Gasteiger partial charge in [0, 0.05) is 25.5 Å². The lowest BCUT2D eigenvalue weighted by atomic mass is 9.77. The molecule has 8 heteroatoms. The number of nitrogens with one attached hydrogen (secondary N) is 1. The molecule has 5 heterocycles. The third-order valence-electron chi connectivity index (χ3n) is 6.51. The van der Waals surface area contributed by atoms with E-state index in [9.17, 15) is 9.59 Å². The van der Waals surface area contributed by atoms with Crippen molar-refractivity contribution in [2.24, 2.45) is 11.8 Å². The first-order valence-electron chi connectivity index (χ1n) is 10.3. The number of hydrogen-bond acceptors (Lipinski definition) is 6. The summed E-state index contributed by atoms with van der Waals surface area (Å²) in [4.78, 5) is 32.2. The van der Waals surface area contributed by atoms with Gasteiger partial charge in [-0.05, 0) is 35.4 Å². The van der Waals surface area contributed by atoms with E-state index >= 15 is 0 Å². The number of carbonyl (C=O) groups is 2. The summed E-state index contributed by atoms with van der Waals surface area (Å²) in [6.45, 7) is 1.47. The van der Waals surface area contributed by atoms with Gasteiger partial charge in [0.1, 0.15) is 5.60 Å². The zero-order chi connectivity index (χ0) is 21.0. The number of carbonyl (C=O) groups excluding carboxylic acids is 2. The van der Waals surface area contributed by atoms with Gasteiger partial charge in [-0.3, -0.25) is 14.6 Å². The average molecular weight is 419 g/mol. The van der Waals surface area contributed by atoms with Gasteiger partial charge >= 0.3 is 0 Å². The summed E-state index contributed by atoms with van der Waals surface area (Å²) in [5.41, 5.74) is 1.18. The van der Waals surface area contributed by atoms with Crippen LogP contribution in [0.15, 0.2) is 54.9 Å². The lowest BCUT2D eigenvalue weighted by molar-refractivity contribution is -0.137. The fourth-order valence-corrected chi connectivity index (χ4v) is 5.08. The second kappa shape index (κ2) is 6.81. The second-order valence-electron chi connectivity index (χ2n) is 8.36. The Hall–Kier alpha value is -3.39. The van der Waals surface area contributed by atoms with Crippen LogP contribution >= 0.6 is 0 Å². The van der Waals surface area contributed by atoms with Crippen molar-refractivity contribution in [1.82, 2.24) is 15.2 Å². The van der Waals surface area contributed by atoms with E-state index in [0.29, 0.717) is 31.1 Å². The van der Waals surface area contributed by atoms with Gasteiger partial charge in [-0.15, -0.1) is 0 Å². The van der Waals surface area contributed by atoms with Gasteiger partial charge in [-0.2, -0.15) is 0 Å². The highest BCUT2D eigenvalue weighted by Crippen LogP contribution is 2.52. The molecule has 1 spiro atoms. The van der Waals surface area contributed by atoms with E-state index < -0.39 is 17.4 Å². The number of hydrogen-bond donors (Lipinski definition) is 1. The average Bonchev–Trinajstić information content (AvgIpc) is 3.54. The molecular formula is C23H21N3O5. The van der Waals surface area contributed by atoms with Gasteiger partial charge in [0.15, 0.2) is 11.5 Å². The van der Waals surface area contributed by atoms with E-state index in [2.05, 4.69) is 10.3 Å². The molecule has 0 radical (unpaired) electrons. The lowest BCUT2D eigenvalue weighted by Gasteiger charge is -2.23. The summed E-state index contributed by atoms with van der Waals surface area (Å²) in [5, 5.41) is 2.97. The fourth-order valence-electron chi connectivity index (χ4n) is 5.08. The number of amides is 2. The smallest absolute Gasteiger partial charge is 0.231 e. The molecule has 1 aromatic carbocycles. The maximum absolute atomic E-state index is 13.4. The first kappa shape index (κ1) is 18.4. The van der Waals surface area contributed by atoms with E-state index in [4.69, 9.17) is 14.2 Å². The minimum atomic E-state index is -0.725. The van der Waals surface area contributed by atoms with Crippen LogP contribution in [0.25, 0.3) is 0 Å². The maximum Gasteiger partial charge on any atom is 0.231 e. The molecule has 0 saturated carbocycles. The number of nitrogens with zero attached hydrogens (tertiary/aromatic N) is 2. The molecule has 2 saturated heterocycles. The van der Waals surface area contributed by atoms with Crippen molar-refractivity contribution in [3.05, 3.63) is 66.0 Å². The molecule has 0 aliphatic carbocycles. The number of ether oxygens (including phenoxy) is 3. The van der Waals surface area contributed by atoms with E-state index in [1.807, 2.05) is 42.5 Å². The lowest BCUT2D eigenvalue weighted by Crippen LogP contribution is -2.43. The molecular weight excluding hydrogens is 398 g/mol. The molecule has 4 aliphatic rings. The fraction of sp³-hybridized carbons (Fsp3) is 0.348. The van der Waals surface area contributed by atoms with Crippen molar-refractivity contribution in [2.75, 3.05) is 13.3 Å². The van der Waals surface area contributed by atoms with Gasteiger partial charge in [0.05, 0.1) is 24.5 Å². The van der Waals surface area contributed by atoms with Gasteiger partial charge in [0.2, 0.25) is 18.6 Å². The minimum Gasteiger partial charge on any atom is -0.454 e. The topological polar surface area (TPSA) is 90.0 Å². The van der Waals surface area contributed by atoms with Crippen LogP contribution in [-0.4, -0.2) is 46.7 Å². The van der Waals surface area contributed by atoms with E-state index in [1.54, 1.807) is 17.3 Å². The summed E-state index contributed by atoms with van der Waals surface area (Å²) in [6.07, 6.45) is 6.90. The Bertz CT molecular complexity index is 1090. The van der Waals surface area contributed by atoms with Crippen LogP contribution in [0.5, 0.6) is 11.5 Å². The van der Waals surface area contributed by atoms with Crippen LogP contribution in [-0.2, 0) is 27.4 Å². The van der Waals surface area contributed by atoms with Crippen molar-refractivity contribution in [1.29, 1.82) is 0 Å². The van der Waals surface area contributed by atoms with Gasteiger partial charge in [-0.25, -0.2) is 0 Å². The predicted octanol–water partition coefficient (Wildman–Crippen LogP) is 1.41. The standard InChI is InChI=1S/C23H21N3O5/c27-21(25-10-14-4-7-24-8-5-14)19-17-3-6-23(31-17)12-26(22(28)20(19)23)11-15-1-2-16-18(9-15)30-13-29-16/h1-9,17,19-20H,10-13H2,(H,25,27)/t17-,19?,20?,23?/m0/s1. The maximum atomic E-state index is 13.4. The third-order valence-corrected chi connectivity index (χ3v) is 6.51. The summed E-state index contributed by atoms with van der Waals surface area (Å²) in [7, 11) is 0. The number of fused-ring (bicyclic) bond motifs is 2. The van der Waals surface area contributed by atoms with Crippen molar-refractivity contribution < 1.29 is 23.8 Å². The van der Waals surface area contributed by atoms with Gasteiger partial charge < -0.3 is 24.4 Å². The van der Waals surface area contributed by atoms with Crippen molar-refractivity contribution in [3.63, 3.8) is 0 Å². The quantitative estimate of drug-likeness (QED) is 0.737. The van der Waals surface area contributed by atoms with Gasteiger partial charge in [-0.1, -0.05) is 18.2 Å². The molecule has 6 rings (SSSR count). The number of rotatable bonds is 5. The van der Waals surface area contributed by atoms with E-state index in [1.165, 1.54) is 0 Å². The zero-order valence-corrected chi connectivity index (χ0v) is 16.7. The minimum absolute atomic E-state index is 0.0476. The number of likely N-dealkylation sites (tertiary alicyclic amines) is 1. The Morgan fingerprint density at radius 3 is 2.87 bits per heavy atom. The molecule has 8 nitrogen and oxygen atoms in total. The van der Waals surface area contributed by atoms with Crippen LogP contribution in [0.4, 0.5) is 0 Å². The third kappa shape index (κ3) is 2.90. The van der Waals surface area contributed by atoms with Crippen molar-refractivity contribution in [2.45, 2.75) is 24.8 Å². The van der Waals surface area contributed by atoms with Crippen LogP contribution in [0.1, 0.15) is 11.1 Å². The normalized spacial score (nSPS) is 29.5. The van der Waals surface area contributed by atoms with E-state index in [0.717, 1.165) is 11.1 Å². The van der Waals surface area contributed by atoms with Crippen LogP contribution in [0.3, 0.4) is 0 Å². The summed E-state index contributed by atoms with van der Waals surface area (Å²) in [5.74, 6) is 0.163. The van der Waals surface area contributed by atoms with Gasteiger partial charge in [0.25, 0.3) is 0 Å². The molecule has 4 atom stereocenters. The first-order chi connectivity index (χ1) is 15.1. The van der Waals surface area contributed by atoms with Crippen molar-refractivity contribution in [3.8, 4) is 11.5 Å². The molecule has 158 valence electrons. The number of benzene rings is 1. The second-order valence-corrected chi connectivity index (χ2v) is 8.36. The van der Waals surface area contributed by atoms with Crippen LogP contribution in [0.2, 0.25) is 0 Å². The largest absolute Gasteiger partial charge is 0.454 e. The highest BCUT2D eigenvalue weighted by atomic mass is 16.7. The Morgan fingerprint density at radius 2 is 2.00 bits per heavy atom. The molecule has 4 aliphatic heterocycles. The predicted molar refractivity (Wildman–Crippen MR) is 108 cm³/mol. The van der Waals surface area contributed by atoms with Crippen molar-refractivity contribution >= 4 is 11.8 Å².